The summed E-state index contributed by atoms with van der Waals surface area (Å²) >= 11 is 0. The number of aromatic nitrogens is 2. The van der Waals surface area contributed by atoms with Gasteiger partial charge in [-0.05, 0) is 63.7 Å². The van der Waals surface area contributed by atoms with Gasteiger partial charge in [-0.25, -0.2) is 4.39 Å². The third kappa shape index (κ3) is 6.14. The van der Waals surface area contributed by atoms with E-state index in [1.807, 2.05) is 36.2 Å². The summed E-state index contributed by atoms with van der Waals surface area (Å²) < 4.78 is 21.5. The van der Waals surface area contributed by atoms with Gasteiger partial charge in [-0.2, -0.15) is 5.10 Å². The summed E-state index contributed by atoms with van der Waals surface area (Å²) in [5, 5.41) is 4.37. The topological polar surface area (TPSA) is 50.6 Å². The van der Waals surface area contributed by atoms with Crippen molar-refractivity contribution in [2.45, 2.75) is 51.8 Å². The number of rotatable bonds is 8. The molecule has 31 heavy (non-hydrogen) atoms. The average molecular weight is 429 g/mol. The summed E-state index contributed by atoms with van der Waals surface area (Å²) in [6.45, 7) is 6.92. The van der Waals surface area contributed by atoms with E-state index in [1.165, 1.54) is 6.07 Å². The second-order valence-corrected chi connectivity index (χ2v) is 8.90. The van der Waals surface area contributed by atoms with E-state index in [1.54, 1.807) is 10.7 Å². The van der Waals surface area contributed by atoms with E-state index in [0.29, 0.717) is 19.0 Å². The number of carbonyl (C=O) groups is 1. The molecule has 2 aromatic rings. The fourth-order valence-electron chi connectivity index (χ4n) is 4.61. The van der Waals surface area contributed by atoms with Gasteiger partial charge in [0.1, 0.15) is 12.4 Å². The summed E-state index contributed by atoms with van der Waals surface area (Å²) in [5.41, 5.74) is 1.67. The summed E-state index contributed by atoms with van der Waals surface area (Å²) in [6, 6.07) is 8.93. The van der Waals surface area contributed by atoms with E-state index >= 15 is 0 Å². The van der Waals surface area contributed by atoms with Crippen LogP contribution in [0.1, 0.15) is 36.9 Å². The van der Waals surface area contributed by atoms with Crippen LogP contribution in [0.4, 0.5) is 4.39 Å². The van der Waals surface area contributed by atoms with Crippen LogP contribution >= 0.6 is 0 Å². The van der Waals surface area contributed by atoms with Crippen LogP contribution in [-0.4, -0.2) is 64.4 Å². The molecule has 1 aromatic carbocycles. The highest BCUT2D eigenvalue weighted by Gasteiger charge is 2.27. The minimum absolute atomic E-state index is 0.104. The lowest BCUT2D eigenvalue weighted by Gasteiger charge is -2.35. The van der Waals surface area contributed by atoms with E-state index in [2.05, 4.69) is 10.00 Å². The number of benzene rings is 1. The van der Waals surface area contributed by atoms with Gasteiger partial charge in [-0.3, -0.25) is 14.4 Å². The molecule has 1 atom stereocenters. The highest BCUT2D eigenvalue weighted by molar-refractivity contribution is 5.76. The SMILES string of the molecule is Cc1ccn(CC(=O)N(CC2CCN(Cc3ccccc3F)CC2)C[C@@H]2CCCO2)n1. The fraction of sp³-hybridized carbons (Fsp3) is 0.583. The molecule has 6 nitrogen and oxygen atoms in total. The largest absolute Gasteiger partial charge is 0.376 e. The Kier molecular flexibility index (Phi) is 7.35. The standard InChI is InChI=1S/C24H33FN4O2/c1-19-8-13-29(26-19)18-24(30)28(17-22-6-4-14-31-22)15-20-9-11-27(12-10-20)16-21-5-2-3-7-23(21)25/h2-3,5,7-8,13,20,22H,4,6,9-12,14-18H2,1H3/t22-/m0/s1. The number of likely N-dealkylation sites (tertiary alicyclic amines) is 1. The van der Waals surface area contributed by atoms with Crippen LogP contribution in [0.15, 0.2) is 36.5 Å². The summed E-state index contributed by atoms with van der Waals surface area (Å²) in [5.74, 6) is 0.431. The molecule has 0 radical (unpaired) electrons. The molecule has 4 rings (SSSR count). The van der Waals surface area contributed by atoms with Crippen LogP contribution < -0.4 is 0 Å². The van der Waals surface area contributed by atoms with Gasteiger partial charge >= 0.3 is 0 Å². The van der Waals surface area contributed by atoms with Gasteiger partial charge in [-0.15, -0.1) is 0 Å². The minimum atomic E-state index is -0.133. The van der Waals surface area contributed by atoms with Gasteiger partial charge in [0, 0.05) is 38.0 Å². The highest BCUT2D eigenvalue weighted by Crippen LogP contribution is 2.22. The van der Waals surface area contributed by atoms with Crippen LogP contribution in [0.2, 0.25) is 0 Å². The zero-order valence-electron chi connectivity index (χ0n) is 18.4. The quantitative estimate of drug-likeness (QED) is 0.648. The Balaban J connectivity index is 1.32. The maximum Gasteiger partial charge on any atom is 0.244 e. The van der Waals surface area contributed by atoms with Crippen molar-refractivity contribution in [2.75, 3.05) is 32.8 Å². The van der Waals surface area contributed by atoms with E-state index < -0.39 is 0 Å². The number of nitrogens with zero attached hydrogens (tertiary/aromatic N) is 4. The molecule has 2 aliphatic heterocycles. The third-order valence-electron chi connectivity index (χ3n) is 6.41. The number of carbonyl (C=O) groups excluding carboxylic acids is 1. The van der Waals surface area contributed by atoms with Crippen molar-refractivity contribution >= 4 is 5.91 Å². The lowest BCUT2D eigenvalue weighted by molar-refractivity contribution is -0.134. The first-order valence-electron chi connectivity index (χ1n) is 11.4. The number of amides is 1. The molecule has 0 aliphatic carbocycles. The first-order chi connectivity index (χ1) is 15.1. The fourth-order valence-corrected chi connectivity index (χ4v) is 4.61. The smallest absolute Gasteiger partial charge is 0.244 e. The van der Waals surface area contributed by atoms with Crippen LogP contribution in [0.3, 0.4) is 0 Å². The van der Waals surface area contributed by atoms with E-state index in [4.69, 9.17) is 4.74 Å². The van der Waals surface area contributed by atoms with Crippen LogP contribution in [0, 0.1) is 18.7 Å². The zero-order valence-corrected chi connectivity index (χ0v) is 18.4. The lowest BCUT2D eigenvalue weighted by Crippen LogP contribution is -2.44. The second-order valence-electron chi connectivity index (χ2n) is 8.90. The van der Waals surface area contributed by atoms with E-state index in [-0.39, 0.29) is 24.4 Å². The molecule has 168 valence electrons. The lowest BCUT2D eigenvalue weighted by atomic mass is 9.95. The Hall–Kier alpha value is -2.25. The first kappa shape index (κ1) is 22.0. The number of aryl methyl sites for hydroxylation is 1. The van der Waals surface area contributed by atoms with Crippen LogP contribution in [-0.2, 0) is 22.6 Å². The third-order valence-corrected chi connectivity index (χ3v) is 6.41. The van der Waals surface area contributed by atoms with E-state index in [9.17, 15) is 9.18 Å². The predicted molar refractivity (Wildman–Crippen MR) is 117 cm³/mol. The Morgan fingerprint density at radius 1 is 1.19 bits per heavy atom. The molecule has 7 heteroatoms. The van der Waals surface area contributed by atoms with Gasteiger partial charge in [0.25, 0.3) is 0 Å². The average Bonchev–Trinajstić information content (AvgIpc) is 3.42. The number of ether oxygens (including phenoxy) is 1. The summed E-state index contributed by atoms with van der Waals surface area (Å²) in [7, 11) is 0. The van der Waals surface area contributed by atoms with Gasteiger partial charge in [-0.1, -0.05) is 18.2 Å². The van der Waals surface area contributed by atoms with Crippen molar-refractivity contribution in [1.29, 1.82) is 0 Å². The van der Waals surface area contributed by atoms with Crippen molar-refractivity contribution in [3.63, 3.8) is 0 Å². The Morgan fingerprint density at radius 2 is 2.00 bits per heavy atom. The first-order valence-corrected chi connectivity index (χ1v) is 11.4. The molecule has 0 saturated carbocycles. The molecule has 1 amide bonds. The monoisotopic (exact) mass is 428 g/mol. The van der Waals surface area contributed by atoms with Crippen molar-refractivity contribution in [1.82, 2.24) is 19.6 Å². The number of halogens is 1. The van der Waals surface area contributed by atoms with Crippen LogP contribution in [0.25, 0.3) is 0 Å². The van der Waals surface area contributed by atoms with Crippen molar-refractivity contribution in [2.24, 2.45) is 5.92 Å². The zero-order chi connectivity index (χ0) is 21.6. The molecule has 2 saturated heterocycles. The molecule has 0 spiro atoms. The minimum Gasteiger partial charge on any atom is -0.376 e. The molecule has 2 fully saturated rings. The Bertz CT molecular complexity index is 857. The summed E-state index contributed by atoms with van der Waals surface area (Å²) in [6.07, 6.45) is 6.13. The number of hydrogen-bond donors (Lipinski definition) is 0. The van der Waals surface area contributed by atoms with Gasteiger partial charge in [0.05, 0.1) is 11.8 Å². The van der Waals surface area contributed by atoms with Gasteiger partial charge in [0.15, 0.2) is 0 Å². The van der Waals surface area contributed by atoms with Crippen molar-refractivity contribution in [3.8, 4) is 0 Å². The number of piperidine rings is 1. The molecule has 1 aromatic heterocycles. The summed E-state index contributed by atoms with van der Waals surface area (Å²) in [4.78, 5) is 17.4. The highest BCUT2D eigenvalue weighted by atomic mass is 19.1. The molecule has 0 bridgehead atoms. The molecule has 0 N–H and O–H groups in total. The van der Waals surface area contributed by atoms with Crippen molar-refractivity contribution in [3.05, 3.63) is 53.6 Å². The molecule has 3 heterocycles. The molecular formula is C24H33FN4O2. The van der Waals surface area contributed by atoms with Crippen molar-refractivity contribution < 1.29 is 13.9 Å². The molecule has 2 aliphatic rings. The molecule has 0 unspecified atom stereocenters. The number of hydrogen-bond acceptors (Lipinski definition) is 4. The Labute approximate surface area is 184 Å². The normalized spacial score (nSPS) is 20.3. The predicted octanol–water partition coefficient (Wildman–Crippen LogP) is 3.25. The molecular weight excluding hydrogens is 395 g/mol. The Morgan fingerprint density at radius 3 is 2.68 bits per heavy atom. The van der Waals surface area contributed by atoms with Gasteiger partial charge < -0.3 is 9.64 Å². The second kappa shape index (κ2) is 10.4. The van der Waals surface area contributed by atoms with Gasteiger partial charge in [0.2, 0.25) is 5.91 Å². The maximum absolute atomic E-state index is 14.0. The van der Waals surface area contributed by atoms with E-state index in [0.717, 1.165) is 63.2 Å². The van der Waals surface area contributed by atoms with Crippen LogP contribution in [0.5, 0.6) is 0 Å². The maximum atomic E-state index is 14.0.